The third kappa shape index (κ3) is 2.68. The highest BCUT2D eigenvalue weighted by Crippen LogP contribution is 2.22. The summed E-state index contributed by atoms with van der Waals surface area (Å²) in [5, 5.41) is 0.135. The van der Waals surface area contributed by atoms with Gasteiger partial charge >= 0.3 is 0 Å². The molecule has 1 aromatic carbocycles. The first-order chi connectivity index (χ1) is 8.09. The van der Waals surface area contributed by atoms with Crippen molar-refractivity contribution >= 4 is 28.6 Å². The highest BCUT2D eigenvalue weighted by atomic mass is 35.5. The van der Waals surface area contributed by atoms with E-state index in [0.29, 0.717) is 5.56 Å². The lowest BCUT2D eigenvalue weighted by Gasteiger charge is -2.16. The van der Waals surface area contributed by atoms with E-state index in [0.717, 1.165) is 25.9 Å². The molecule has 1 saturated heterocycles. The van der Waals surface area contributed by atoms with Gasteiger partial charge in [-0.05, 0) is 42.1 Å². The molecule has 1 heterocycles. The average molecular weight is 273 g/mol. The van der Waals surface area contributed by atoms with Gasteiger partial charge in [0.05, 0.1) is 5.02 Å². The number of rotatable bonds is 2. The summed E-state index contributed by atoms with van der Waals surface area (Å²) in [6.07, 6.45) is 2.00. The lowest BCUT2D eigenvalue weighted by molar-refractivity contribution is 0.0792. The summed E-state index contributed by atoms with van der Waals surface area (Å²) < 4.78 is 21.8. The van der Waals surface area contributed by atoms with Crippen molar-refractivity contribution in [2.45, 2.75) is 17.7 Å². The molecule has 1 unspecified atom stereocenters. The highest BCUT2D eigenvalue weighted by Gasteiger charge is 2.20. The van der Waals surface area contributed by atoms with Crippen molar-refractivity contribution in [1.82, 2.24) is 4.90 Å². The van der Waals surface area contributed by atoms with Crippen LogP contribution in [-0.4, -0.2) is 32.7 Å². The van der Waals surface area contributed by atoms with Crippen LogP contribution in [0.4, 0.5) is 0 Å². The van der Waals surface area contributed by atoms with Crippen LogP contribution < -0.4 is 0 Å². The number of carbonyl (C=O) groups is 1. The largest absolute Gasteiger partial charge is 0.768 e. The van der Waals surface area contributed by atoms with Gasteiger partial charge in [-0.2, -0.15) is 0 Å². The Hall–Kier alpha value is -0.910. The van der Waals surface area contributed by atoms with E-state index in [4.69, 9.17) is 11.6 Å². The smallest absolute Gasteiger partial charge is 0.253 e. The van der Waals surface area contributed by atoms with Gasteiger partial charge < -0.3 is 9.45 Å². The molecule has 1 aliphatic rings. The van der Waals surface area contributed by atoms with Crippen LogP contribution in [-0.2, 0) is 11.1 Å². The summed E-state index contributed by atoms with van der Waals surface area (Å²) in [4.78, 5) is 13.7. The lowest BCUT2D eigenvalue weighted by Crippen LogP contribution is -2.27. The van der Waals surface area contributed by atoms with Gasteiger partial charge in [0, 0.05) is 23.5 Å². The summed E-state index contributed by atoms with van der Waals surface area (Å²) >= 11 is 3.32. The van der Waals surface area contributed by atoms with E-state index in [2.05, 4.69) is 0 Å². The highest BCUT2D eigenvalue weighted by molar-refractivity contribution is 7.79. The van der Waals surface area contributed by atoms with Crippen molar-refractivity contribution in [2.75, 3.05) is 13.1 Å². The molecule has 1 aliphatic heterocycles. The minimum Gasteiger partial charge on any atom is -0.768 e. The predicted molar refractivity (Wildman–Crippen MR) is 63.8 cm³/mol. The summed E-state index contributed by atoms with van der Waals surface area (Å²) in [7, 11) is 0. The molecule has 2 rings (SSSR count). The van der Waals surface area contributed by atoms with Crippen LogP contribution in [0.25, 0.3) is 0 Å². The number of halogens is 1. The zero-order chi connectivity index (χ0) is 12.4. The fourth-order valence-electron chi connectivity index (χ4n) is 1.87. The second-order valence-corrected chi connectivity index (χ2v) is 5.20. The van der Waals surface area contributed by atoms with Crippen molar-refractivity contribution in [3.63, 3.8) is 0 Å². The second kappa shape index (κ2) is 5.16. The first kappa shape index (κ1) is 12.5. The van der Waals surface area contributed by atoms with Crippen molar-refractivity contribution in [1.29, 1.82) is 0 Å². The van der Waals surface area contributed by atoms with Gasteiger partial charge in [0.1, 0.15) is 0 Å². The molecule has 0 bridgehead atoms. The molecule has 1 atom stereocenters. The number of nitrogens with zero attached hydrogens (tertiary/aromatic N) is 1. The first-order valence-electron chi connectivity index (χ1n) is 5.27. The van der Waals surface area contributed by atoms with Crippen LogP contribution >= 0.6 is 11.6 Å². The van der Waals surface area contributed by atoms with Gasteiger partial charge in [-0.1, -0.05) is 11.6 Å². The quantitative estimate of drug-likeness (QED) is 0.772. The van der Waals surface area contributed by atoms with Gasteiger partial charge in [-0.25, -0.2) is 0 Å². The number of amides is 1. The SMILES string of the molecule is O=C(c1ccc(Cl)c(S(=O)[O-])c1)N1CCCC1. The molecule has 1 amide bonds. The molecular weight excluding hydrogens is 262 g/mol. The van der Waals surface area contributed by atoms with E-state index in [1.165, 1.54) is 12.1 Å². The Labute approximate surface area is 107 Å². The van der Waals surface area contributed by atoms with E-state index < -0.39 is 11.1 Å². The molecule has 17 heavy (non-hydrogen) atoms. The molecule has 1 fully saturated rings. The van der Waals surface area contributed by atoms with Crippen LogP contribution in [0.3, 0.4) is 0 Å². The van der Waals surface area contributed by atoms with Gasteiger partial charge in [0.25, 0.3) is 5.91 Å². The Kier molecular flexibility index (Phi) is 3.81. The fraction of sp³-hybridized carbons (Fsp3) is 0.364. The third-order valence-corrected chi connectivity index (χ3v) is 3.89. The number of hydrogen-bond donors (Lipinski definition) is 0. The van der Waals surface area contributed by atoms with Crippen LogP contribution in [0.5, 0.6) is 0 Å². The predicted octanol–water partition coefficient (Wildman–Crippen LogP) is 1.81. The van der Waals surface area contributed by atoms with E-state index in [-0.39, 0.29) is 15.8 Å². The molecule has 0 N–H and O–H groups in total. The molecule has 92 valence electrons. The molecular formula is C11H11ClNO3S-. The molecule has 4 nitrogen and oxygen atoms in total. The minimum absolute atomic E-state index is 0.0308. The Morgan fingerprint density at radius 1 is 1.35 bits per heavy atom. The summed E-state index contributed by atoms with van der Waals surface area (Å²) in [5.41, 5.74) is 0.371. The lowest BCUT2D eigenvalue weighted by atomic mass is 10.2. The molecule has 0 aromatic heterocycles. The standard InChI is InChI=1S/C11H12ClNO3S/c12-9-4-3-8(7-10(9)17(15)16)11(14)13-5-1-2-6-13/h3-4,7H,1-2,5-6H2,(H,15,16)/p-1. The number of likely N-dealkylation sites (tertiary alicyclic amines) is 1. The van der Waals surface area contributed by atoms with Crippen LogP contribution in [0, 0.1) is 0 Å². The number of carbonyl (C=O) groups excluding carboxylic acids is 1. The van der Waals surface area contributed by atoms with Gasteiger partial charge in [0.2, 0.25) is 0 Å². The van der Waals surface area contributed by atoms with E-state index in [1.54, 1.807) is 11.0 Å². The molecule has 0 spiro atoms. The van der Waals surface area contributed by atoms with Crippen molar-refractivity contribution in [3.05, 3.63) is 28.8 Å². The number of benzene rings is 1. The maximum atomic E-state index is 12.0. The topological polar surface area (TPSA) is 60.4 Å². The van der Waals surface area contributed by atoms with E-state index in [9.17, 15) is 13.6 Å². The Morgan fingerprint density at radius 3 is 2.59 bits per heavy atom. The summed E-state index contributed by atoms with van der Waals surface area (Å²) in [6.45, 7) is 1.47. The maximum Gasteiger partial charge on any atom is 0.253 e. The summed E-state index contributed by atoms with van der Waals surface area (Å²) in [5.74, 6) is -0.133. The van der Waals surface area contributed by atoms with Gasteiger partial charge in [-0.15, -0.1) is 0 Å². The third-order valence-electron chi connectivity index (χ3n) is 2.75. The van der Waals surface area contributed by atoms with Crippen LogP contribution in [0.15, 0.2) is 23.1 Å². The zero-order valence-electron chi connectivity index (χ0n) is 9.02. The molecule has 0 radical (unpaired) electrons. The zero-order valence-corrected chi connectivity index (χ0v) is 10.6. The van der Waals surface area contributed by atoms with Crippen LogP contribution in [0.1, 0.15) is 23.2 Å². The summed E-state index contributed by atoms with van der Waals surface area (Å²) in [6, 6.07) is 4.32. The minimum atomic E-state index is -2.42. The molecule has 0 saturated carbocycles. The fourth-order valence-corrected chi connectivity index (χ4v) is 2.62. The van der Waals surface area contributed by atoms with E-state index in [1.807, 2.05) is 0 Å². The number of hydrogen-bond acceptors (Lipinski definition) is 3. The van der Waals surface area contributed by atoms with Crippen molar-refractivity contribution in [3.8, 4) is 0 Å². The maximum absolute atomic E-state index is 12.0. The molecule has 0 aliphatic carbocycles. The average Bonchev–Trinajstić information content (AvgIpc) is 2.81. The van der Waals surface area contributed by atoms with Crippen molar-refractivity contribution in [2.24, 2.45) is 0 Å². The van der Waals surface area contributed by atoms with Crippen LogP contribution in [0.2, 0.25) is 5.02 Å². The van der Waals surface area contributed by atoms with E-state index >= 15 is 0 Å². The van der Waals surface area contributed by atoms with Gasteiger partial charge in [-0.3, -0.25) is 9.00 Å². The molecule has 1 aromatic rings. The Morgan fingerprint density at radius 2 is 2.00 bits per heavy atom. The first-order valence-corrected chi connectivity index (χ1v) is 6.73. The normalized spacial score (nSPS) is 17.2. The Balaban J connectivity index is 2.29. The Bertz CT molecular complexity index is 472. The second-order valence-electron chi connectivity index (χ2n) is 3.88. The monoisotopic (exact) mass is 272 g/mol. The van der Waals surface area contributed by atoms with Gasteiger partial charge in [0.15, 0.2) is 0 Å². The molecule has 6 heteroatoms. The van der Waals surface area contributed by atoms with Crippen molar-refractivity contribution < 1.29 is 13.6 Å².